The smallest absolute Gasteiger partial charge is 0.275 e. The Morgan fingerprint density at radius 1 is 1.08 bits per heavy atom. The zero-order chi connectivity index (χ0) is 16.9. The van der Waals surface area contributed by atoms with Crippen molar-refractivity contribution in [3.05, 3.63) is 71.8 Å². The van der Waals surface area contributed by atoms with Crippen molar-refractivity contribution in [1.82, 2.24) is 5.43 Å². The first-order valence-electron chi connectivity index (χ1n) is 7.38. The number of phenols is 1. The van der Waals surface area contributed by atoms with E-state index in [1.807, 2.05) is 30.3 Å². The van der Waals surface area contributed by atoms with Crippen molar-refractivity contribution in [2.75, 3.05) is 7.11 Å². The third-order valence-corrected chi connectivity index (χ3v) is 3.65. The van der Waals surface area contributed by atoms with Crippen LogP contribution in [-0.2, 0) is 0 Å². The van der Waals surface area contributed by atoms with E-state index in [-0.39, 0.29) is 11.7 Å². The molecule has 0 radical (unpaired) electrons. The van der Waals surface area contributed by atoms with E-state index in [1.54, 1.807) is 30.3 Å². The molecule has 0 aliphatic heterocycles. The van der Waals surface area contributed by atoms with Crippen LogP contribution in [-0.4, -0.2) is 24.3 Å². The molecule has 0 saturated heterocycles. The molecular formula is C19H16N2O3. The fourth-order valence-electron chi connectivity index (χ4n) is 2.43. The van der Waals surface area contributed by atoms with Gasteiger partial charge in [-0.1, -0.05) is 42.5 Å². The summed E-state index contributed by atoms with van der Waals surface area (Å²) in [5.41, 5.74) is 3.35. The second-order valence-electron chi connectivity index (χ2n) is 5.12. The average Bonchev–Trinajstić information content (AvgIpc) is 2.63. The highest BCUT2D eigenvalue weighted by molar-refractivity contribution is 5.99. The maximum Gasteiger partial charge on any atom is 0.275 e. The van der Waals surface area contributed by atoms with Gasteiger partial charge in [-0.15, -0.1) is 0 Å². The lowest BCUT2D eigenvalue weighted by molar-refractivity contribution is 0.0952. The molecular weight excluding hydrogens is 304 g/mol. The summed E-state index contributed by atoms with van der Waals surface area (Å²) >= 11 is 0. The number of benzene rings is 3. The van der Waals surface area contributed by atoms with Crippen molar-refractivity contribution in [2.24, 2.45) is 5.10 Å². The van der Waals surface area contributed by atoms with E-state index < -0.39 is 0 Å². The van der Waals surface area contributed by atoms with Gasteiger partial charge in [-0.25, -0.2) is 5.43 Å². The van der Waals surface area contributed by atoms with Gasteiger partial charge in [0, 0.05) is 10.9 Å². The fraction of sp³-hybridized carbons (Fsp3) is 0.0526. The number of hydrogen-bond acceptors (Lipinski definition) is 4. The molecule has 3 rings (SSSR count). The number of methoxy groups -OCH3 is 1. The summed E-state index contributed by atoms with van der Waals surface area (Å²) in [5.74, 6) is 0.214. The summed E-state index contributed by atoms with van der Waals surface area (Å²) in [5, 5.41) is 15.9. The Hall–Kier alpha value is -3.34. The van der Waals surface area contributed by atoms with Crippen molar-refractivity contribution in [3.63, 3.8) is 0 Å². The van der Waals surface area contributed by atoms with E-state index >= 15 is 0 Å². The van der Waals surface area contributed by atoms with Crippen molar-refractivity contribution >= 4 is 22.9 Å². The summed E-state index contributed by atoms with van der Waals surface area (Å²) in [6.07, 6.45) is 1.41. The number of aromatic hydroxyl groups is 1. The molecule has 3 aromatic carbocycles. The quantitative estimate of drug-likeness (QED) is 0.572. The molecule has 1 amide bonds. The lowest BCUT2D eigenvalue weighted by atomic mass is 10.1. The first kappa shape index (κ1) is 15.6. The third kappa shape index (κ3) is 3.05. The molecule has 0 atom stereocenters. The minimum atomic E-state index is -0.385. The van der Waals surface area contributed by atoms with Crippen LogP contribution < -0.4 is 10.2 Å². The lowest BCUT2D eigenvalue weighted by Crippen LogP contribution is -2.18. The van der Waals surface area contributed by atoms with E-state index in [2.05, 4.69) is 10.5 Å². The Morgan fingerprint density at radius 2 is 1.83 bits per heavy atom. The van der Waals surface area contributed by atoms with Gasteiger partial charge >= 0.3 is 0 Å². The molecule has 3 aromatic rings. The highest BCUT2D eigenvalue weighted by atomic mass is 16.5. The van der Waals surface area contributed by atoms with E-state index in [0.717, 1.165) is 10.8 Å². The predicted octanol–water partition coefficient (Wildman–Crippen LogP) is 3.32. The van der Waals surface area contributed by atoms with Crippen molar-refractivity contribution in [3.8, 4) is 11.5 Å². The van der Waals surface area contributed by atoms with Gasteiger partial charge in [0.1, 0.15) is 11.5 Å². The summed E-state index contributed by atoms with van der Waals surface area (Å²) in [7, 11) is 1.50. The van der Waals surface area contributed by atoms with Gasteiger partial charge in [0.25, 0.3) is 5.91 Å². The van der Waals surface area contributed by atoms with Crippen molar-refractivity contribution < 1.29 is 14.6 Å². The number of fused-ring (bicyclic) bond motifs is 1. The molecule has 0 saturated carbocycles. The molecule has 0 fully saturated rings. The Bertz CT molecular complexity index is 919. The number of ether oxygens (including phenoxy) is 1. The summed E-state index contributed by atoms with van der Waals surface area (Å²) < 4.78 is 5.15. The van der Waals surface area contributed by atoms with Gasteiger partial charge in [-0.3, -0.25) is 4.79 Å². The fourth-order valence-corrected chi connectivity index (χ4v) is 2.43. The van der Waals surface area contributed by atoms with Gasteiger partial charge in [0.05, 0.1) is 18.9 Å². The van der Waals surface area contributed by atoms with Gasteiger partial charge in [-0.05, 0) is 23.6 Å². The maximum absolute atomic E-state index is 12.1. The van der Waals surface area contributed by atoms with Gasteiger partial charge in [-0.2, -0.15) is 5.10 Å². The normalized spacial score (nSPS) is 10.9. The first-order valence-corrected chi connectivity index (χ1v) is 7.38. The van der Waals surface area contributed by atoms with E-state index in [9.17, 15) is 9.90 Å². The van der Waals surface area contributed by atoms with E-state index in [1.165, 1.54) is 13.3 Å². The van der Waals surface area contributed by atoms with Crippen LogP contribution in [0, 0.1) is 0 Å². The number of para-hydroxylation sites is 1. The monoisotopic (exact) mass is 320 g/mol. The minimum Gasteiger partial charge on any atom is -0.507 e. The first-order chi connectivity index (χ1) is 11.7. The van der Waals surface area contributed by atoms with Crippen molar-refractivity contribution in [1.29, 1.82) is 0 Å². The van der Waals surface area contributed by atoms with Crippen LogP contribution in [0.1, 0.15) is 15.9 Å². The predicted molar refractivity (Wildman–Crippen MR) is 93.7 cm³/mol. The number of rotatable bonds is 4. The zero-order valence-corrected chi connectivity index (χ0v) is 13.1. The molecule has 0 spiro atoms. The van der Waals surface area contributed by atoms with Crippen LogP contribution in [0.3, 0.4) is 0 Å². The van der Waals surface area contributed by atoms with Crippen molar-refractivity contribution in [2.45, 2.75) is 0 Å². The second kappa shape index (κ2) is 6.83. The number of phenolic OH excluding ortho intramolecular Hbond substituents is 1. The standard InChI is InChI=1S/C19H16N2O3/c1-24-17-9-5-4-8-16(17)19(23)21-20-12-14-11-10-13-6-2-3-7-15(13)18(14)22/h2-12,22H,1H3,(H,21,23). The number of carbonyl (C=O) groups excluding carboxylic acids is 1. The van der Waals surface area contributed by atoms with Crippen LogP contribution in [0.25, 0.3) is 10.8 Å². The molecule has 120 valence electrons. The zero-order valence-electron chi connectivity index (χ0n) is 13.1. The molecule has 2 N–H and O–H groups in total. The second-order valence-corrected chi connectivity index (χ2v) is 5.12. The molecule has 0 aliphatic carbocycles. The number of carbonyl (C=O) groups is 1. The summed E-state index contributed by atoms with van der Waals surface area (Å²) in [6.45, 7) is 0. The van der Waals surface area contributed by atoms with Crippen LogP contribution in [0.4, 0.5) is 0 Å². The highest BCUT2D eigenvalue weighted by Crippen LogP contribution is 2.27. The van der Waals surface area contributed by atoms with Gasteiger partial charge < -0.3 is 9.84 Å². The molecule has 0 unspecified atom stereocenters. The largest absolute Gasteiger partial charge is 0.507 e. The molecule has 5 nitrogen and oxygen atoms in total. The van der Waals surface area contributed by atoms with Crippen LogP contribution in [0.5, 0.6) is 11.5 Å². The molecule has 0 heterocycles. The Balaban J connectivity index is 1.79. The molecule has 0 bridgehead atoms. The van der Waals surface area contributed by atoms with Gasteiger partial charge in [0.15, 0.2) is 0 Å². The van der Waals surface area contributed by atoms with Crippen LogP contribution in [0.15, 0.2) is 65.8 Å². The number of hydrogen-bond donors (Lipinski definition) is 2. The number of nitrogens with one attached hydrogen (secondary N) is 1. The van der Waals surface area contributed by atoms with Crippen LogP contribution in [0.2, 0.25) is 0 Å². The Kier molecular flexibility index (Phi) is 4.43. The highest BCUT2D eigenvalue weighted by Gasteiger charge is 2.10. The molecule has 5 heteroatoms. The molecule has 0 aromatic heterocycles. The number of amides is 1. The SMILES string of the molecule is COc1ccccc1C(=O)NN=Cc1ccc2ccccc2c1O. The van der Waals surface area contributed by atoms with E-state index in [4.69, 9.17) is 4.74 Å². The van der Waals surface area contributed by atoms with E-state index in [0.29, 0.717) is 16.9 Å². The topological polar surface area (TPSA) is 70.9 Å². The number of nitrogens with zero attached hydrogens (tertiary/aromatic N) is 1. The average molecular weight is 320 g/mol. The summed E-state index contributed by atoms with van der Waals surface area (Å²) in [4.78, 5) is 12.1. The Labute approximate surface area is 139 Å². The Morgan fingerprint density at radius 3 is 2.67 bits per heavy atom. The minimum absolute atomic E-state index is 0.128. The molecule has 24 heavy (non-hydrogen) atoms. The third-order valence-electron chi connectivity index (χ3n) is 3.65. The molecule has 0 aliphatic rings. The van der Waals surface area contributed by atoms with Gasteiger partial charge in [0.2, 0.25) is 0 Å². The maximum atomic E-state index is 12.1. The lowest BCUT2D eigenvalue weighted by Gasteiger charge is -2.06. The number of hydrazone groups is 1. The summed E-state index contributed by atoms with van der Waals surface area (Å²) in [6, 6.07) is 18.0. The van der Waals surface area contributed by atoms with Crippen LogP contribution >= 0.6 is 0 Å².